The molecule has 21 heavy (non-hydrogen) atoms. The average molecular weight is 307 g/mol. The zero-order valence-electron chi connectivity index (χ0n) is 12.3. The van der Waals surface area contributed by atoms with E-state index in [4.69, 9.17) is 17.3 Å². The summed E-state index contributed by atoms with van der Waals surface area (Å²) in [6, 6.07) is 12.4. The van der Waals surface area contributed by atoms with E-state index in [9.17, 15) is 4.39 Å². The van der Waals surface area contributed by atoms with Crippen molar-refractivity contribution in [1.29, 1.82) is 0 Å². The summed E-state index contributed by atoms with van der Waals surface area (Å²) in [4.78, 5) is 1.93. The molecular weight excluding hydrogens is 287 g/mol. The van der Waals surface area contributed by atoms with Crippen LogP contribution in [0.1, 0.15) is 19.4 Å². The quantitative estimate of drug-likeness (QED) is 0.879. The normalized spacial score (nSPS) is 12.2. The number of hydrogen-bond donors (Lipinski definition) is 1. The van der Waals surface area contributed by atoms with Crippen LogP contribution in [0.25, 0.3) is 0 Å². The Morgan fingerprint density at radius 2 is 1.81 bits per heavy atom. The molecule has 2 N–H and O–H groups in total. The van der Waals surface area contributed by atoms with Crippen molar-refractivity contribution in [2.45, 2.75) is 26.3 Å². The van der Waals surface area contributed by atoms with Crippen molar-refractivity contribution in [1.82, 2.24) is 0 Å². The second kappa shape index (κ2) is 6.92. The monoisotopic (exact) mass is 306 g/mol. The van der Waals surface area contributed by atoms with Crippen molar-refractivity contribution in [3.8, 4) is 0 Å². The van der Waals surface area contributed by atoms with Crippen LogP contribution in [0.15, 0.2) is 42.5 Å². The highest BCUT2D eigenvalue weighted by Gasteiger charge is 2.17. The first-order valence-electron chi connectivity index (χ1n) is 7.09. The van der Waals surface area contributed by atoms with E-state index in [0.717, 1.165) is 11.3 Å². The third-order valence-electron chi connectivity index (χ3n) is 3.37. The maximum atomic E-state index is 14.1. The van der Waals surface area contributed by atoms with Gasteiger partial charge < -0.3 is 10.6 Å². The van der Waals surface area contributed by atoms with Gasteiger partial charge in [0.05, 0.1) is 5.69 Å². The molecule has 0 bridgehead atoms. The minimum absolute atomic E-state index is 0.0111. The molecular formula is C17H20ClFN2. The summed E-state index contributed by atoms with van der Waals surface area (Å²) >= 11 is 6.33. The Labute approximate surface area is 130 Å². The van der Waals surface area contributed by atoms with Crippen molar-refractivity contribution in [2.75, 3.05) is 11.4 Å². The molecule has 0 amide bonds. The third kappa shape index (κ3) is 3.55. The maximum absolute atomic E-state index is 14.1. The number of halogens is 2. The van der Waals surface area contributed by atoms with Crippen molar-refractivity contribution in [2.24, 2.45) is 5.73 Å². The topological polar surface area (TPSA) is 29.3 Å². The van der Waals surface area contributed by atoms with E-state index in [2.05, 4.69) is 0 Å². The molecule has 2 nitrogen and oxygen atoms in total. The molecule has 0 saturated carbocycles. The Bertz CT molecular complexity index is 613. The van der Waals surface area contributed by atoms with E-state index in [1.54, 1.807) is 12.1 Å². The molecule has 2 rings (SSSR count). The number of benzene rings is 2. The highest BCUT2D eigenvalue weighted by Crippen LogP contribution is 2.34. The summed E-state index contributed by atoms with van der Waals surface area (Å²) in [5, 5.41) is 0.666. The largest absolute Gasteiger partial charge is 0.339 e. The predicted octanol–water partition coefficient (Wildman–Crippen LogP) is 4.53. The molecule has 0 aliphatic rings. The molecule has 4 heteroatoms. The fraction of sp³-hybridized carbons (Fsp3) is 0.294. The summed E-state index contributed by atoms with van der Waals surface area (Å²) in [5.41, 5.74) is 8.34. The molecule has 0 aliphatic heterocycles. The lowest BCUT2D eigenvalue weighted by atomic mass is 10.0. The Balaban J connectivity index is 2.53. The molecule has 1 unspecified atom stereocenters. The Morgan fingerprint density at radius 1 is 1.14 bits per heavy atom. The van der Waals surface area contributed by atoms with Gasteiger partial charge in [0.25, 0.3) is 0 Å². The van der Waals surface area contributed by atoms with Crippen LogP contribution in [-0.2, 0) is 6.42 Å². The molecule has 0 spiro atoms. The molecule has 0 heterocycles. The molecule has 0 radical (unpaired) electrons. The fourth-order valence-corrected chi connectivity index (χ4v) is 2.71. The van der Waals surface area contributed by atoms with Crippen LogP contribution < -0.4 is 10.6 Å². The zero-order chi connectivity index (χ0) is 15.4. The van der Waals surface area contributed by atoms with Crippen LogP contribution in [-0.4, -0.2) is 12.6 Å². The van der Waals surface area contributed by atoms with Gasteiger partial charge in [-0.05, 0) is 50.1 Å². The summed E-state index contributed by atoms with van der Waals surface area (Å²) in [6.45, 7) is 4.57. The number of anilines is 2. The number of nitrogens with two attached hydrogens (primary N) is 1. The summed E-state index contributed by atoms with van der Waals surface area (Å²) in [5.74, 6) is -0.244. The van der Waals surface area contributed by atoms with Crippen LogP contribution in [0.5, 0.6) is 0 Å². The molecule has 0 fully saturated rings. The van der Waals surface area contributed by atoms with Crippen molar-refractivity contribution >= 4 is 23.0 Å². The van der Waals surface area contributed by atoms with Crippen LogP contribution >= 0.6 is 11.6 Å². The van der Waals surface area contributed by atoms with Crippen LogP contribution in [0.4, 0.5) is 15.8 Å². The van der Waals surface area contributed by atoms with Gasteiger partial charge in [-0.3, -0.25) is 0 Å². The molecule has 112 valence electrons. The standard InChI is InChI=1S/C17H20ClFN2/c1-3-21(17-9-5-4-8-15(17)19)16-10-6-7-14(18)13(16)11-12(2)20/h4-10,12H,3,11,20H2,1-2H3. The van der Waals surface area contributed by atoms with Gasteiger partial charge in [0.2, 0.25) is 0 Å². The minimum atomic E-state index is -0.244. The zero-order valence-corrected chi connectivity index (χ0v) is 13.1. The average Bonchev–Trinajstić information content (AvgIpc) is 2.44. The molecule has 0 saturated heterocycles. The Morgan fingerprint density at radius 3 is 2.43 bits per heavy atom. The highest BCUT2D eigenvalue weighted by atomic mass is 35.5. The number of nitrogens with zero attached hydrogens (tertiary/aromatic N) is 1. The van der Waals surface area contributed by atoms with Crippen LogP contribution in [0.2, 0.25) is 5.02 Å². The lowest BCUT2D eigenvalue weighted by Crippen LogP contribution is -2.23. The predicted molar refractivity (Wildman–Crippen MR) is 87.9 cm³/mol. The van der Waals surface area contributed by atoms with E-state index in [-0.39, 0.29) is 11.9 Å². The van der Waals surface area contributed by atoms with Gasteiger partial charge in [-0.1, -0.05) is 29.8 Å². The number of para-hydroxylation sites is 1. The Kier molecular flexibility index (Phi) is 5.21. The first-order valence-corrected chi connectivity index (χ1v) is 7.47. The fourth-order valence-electron chi connectivity index (χ4n) is 2.47. The van der Waals surface area contributed by atoms with Gasteiger partial charge in [-0.15, -0.1) is 0 Å². The first-order chi connectivity index (χ1) is 10.0. The summed E-state index contributed by atoms with van der Waals surface area (Å²) in [6.07, 6.45) is 0.653. The molecule has 2 aromatic rings. The van der Waals surface area contributed by atoms with Gasteiger partial charge in [-0.25, -0.2) is 4.39 Å². The summed E-state index contributed by atoms with van der Waals surface area (Å²) < 4.78 is 14.1. The van der Waals surface area contributed by atoms with E-state index in [1.165, 1.54) is 6.07 Å². The van der Waals surface area contributed by atoms with E-state index in [0.29, 0.717) is 23.7 Å². The third-order valence-corrected chi connectivity index (χ3v) is 3.72. The Hall–Kier alpha value is -1.58. The molecule has 0 aromatic heterocycles. The van der Waals surface area contributed by atoms with Crippen LogP contribution in [0.3, 0.4) is 0 Å². The SMILES string of the molecule is CCN(c1ccccc1F)c1cccc(Cl)c1CC(C)N. The second-order valence-corrected chi connectivity index (χ2v) is 5.52. The van der Waals surface area contributed by atoms with Crippen molar-refractivity contribution in [3.05, 3.63) is 58.9 Å². The van der Waals surface area contributed by atoms with Gasteiger partial charge in [0.15, 0.2) is 0 Å². The van der Waals surface area contributed by atoms with Gasteiger partial charge in [0, 0.05) is 23.3 Å². The van der Waals surface area contributed by atoms with E-state index >= 15 is 0 Å². The van der Waals surface area contributed by atoms with Crippen LogP contribution in [0, 0.1) is 5.82 Å². The van der Waals surface area contributed by atoms with Crippen molar-refractivity contribution in [3.63, 3.8) is 0 Å². The smallest absolute Gasteiger partial charge is 0.146 e. The summed E-state index contributed by atoms with van der Waals surface area (Å²) in [7, 11) is 0. The molecule has 1 atom stereocenters. The first kappa shape index (κ1) is 15.8. The maximum Gasteiger partial charge on any atom is 0.146 e. The molecule has 2 aromatic carbocycles. The van der Waals surface area contributed by atoms with Gasteiger partial charge >= 0.3 is 0 Å². The van der Waals surface area contributed by atoms with Crippen molar-refractivity contribution < 1.29 is 4.39 Å². The van der Waals surface area contributed by atoms with Gasteiger partial charge in [0.1, 0.15) is 5.82 Å². The second-order valence-electron chi connectivity index (χ2n) is 5.11. The number of rotatable bonds is 5. The van der Waals surface area contributed by atoms with Gasteiger partial charge in [-0.2, -0.15) is 0 Å². The lowest BCUT2D eigenvalue weighted by molar-refractivity contribution is 0.625. The van der Waals surface area contributed by atoms with E-state index < -0.39 is 0 Å². The van der Waals surface area contributed by atoms with E-state index in [1.807, 2.05) is 43.0 Å². The molecule has 0 aliphatic carbocycles. The lowest BCUT2D eigenvalue weighted by Gasteiger charge is -2.27. The highest BCUT2D eigenvalue weighted by molar-refractivity contribution is 6.31. The number of hydrogen-bond acceptors (Lipinski definition) is 2. The minimum Gasteiger partial charge on any atom is -0.339 e.